The number of amides is 1. The predicted octanol–water partition coefficient (Wildman–Crippen LogP) is 1.09. The minimum Gasteiger partial charge on any atom is -0.351 e. The van der Waals surface area contributed by atoms with Crippen molar-refractivity contribution in [3.63, 3.8) is 0 Å². The fourth-order valence-corrected chi connectivity index (χ4v) is 1.30. The summed E-state index contributed by atoms with van der Waals surface area (Å²) in [5.74, 6) is 0. The molecule has 0 aliphatic rings. The molecule has 1 aromatic carbocycles. The predicted molar refractivity (Wildman–Crippen MR) is 52.4 cm³/mol. The molecule has 0 saturated heterocycles. The smallest absolute Gasteiger partial charge is 0.207 e. The highest BCUT2D eigenvalue weighted by Crippen LogP contribution is 2.16. The number of nitrogens with two attached hydrogens (primary N) is 1. The highest BCUT2D eigenvalue weighted by molar-refractivity contribution is 6.30. The van der Waals surface area contributed by atoms with Gasteiger partial charge in [-0.3, -0.25) is 4.79 Å². The summed E-state index contributed by atoms with van der Waals surface area (Å²) >= 11 is 5.79. The number of nitrogens with one attached hydrogen (secondary N) is 1. The third kappa shape index (κ3) is 2.72. The van der Waals surface area contributed by atoms with Gasteiger partial charge in [0, 0.05) is 11.6 Å². The molecule has 0 aliphatic heterocycles. The van der Waals surface area contributed by atoms with Crippen LogP contribution in [0.15, 0.2) is 24.3 Å². The van der Waals surface area contributed by atoms with E-state index in [9.17, 15) is 4.79 Å². The van der Waals surface area contributed by atoms with Crippen LogP contribution in [0.4, 0.5) is 0 Å². The van der Waals surface area contributed by atoms with Crippen LogP contribution in [0.1, 0.15) is 11.6 Å². The summed E-state index contributed by atoms with van der Waals surface area (Å²) in [5, 5.41) is 3.25. The van der Waals surface area contributed by atoms with Gasteiger partial charge in [-0.2, -0.15) is 0 Å². The van der Waals surface area contributed by atoms with E-state index in [2.05, 4.69) is 5.32 Å². The monoisotopic (exact) mass is 198 g/mol. The van der Waals surface area contributed by atoms with Crippen LogP contribution in [-0.4, -0.2) is 13.0 Å². The third-order valence-corrected chi connectivity index (χ3v) is 1.99. The van der Waals surface area contributed by atoms with Gasteiger partial charge in [0.2, 0.25) is 6.41 Å². The van der Waals surface area contributed by atoms with Crippen molar-refractivity contribution in [3.8, 4) is 0 Å². The third-order valence-electron chi connectivity index (χ3n) is 1.76. The molecule has 0 heterocycles. The Morgan fingerprint density at radius 1 is 1.62 bits per heavy atom. The largest absolute Gasteiger partial charge is 0.351 e. The first-order valence-electron chi connectivity index (χ1n) is 3.93. The fraction of sp³-hybridized carbons (Fsp3) is 0.222. The van der Waals surface area contributed by atoms with Crippen molar-refractivity contribution in [3.05, 3.63) is 34.9 Å². The lowest BCUT2D eigenvalue weighted by Crippen LogP contribution is -2.26. The van der Waals surface area contributed by atoms with E-state index >= 15 is 0 Å². The SMILES string of the molecule is NCC(NC=O)c1cccc(Cl)c1. The van der Waals surface area contributed by atoms with Gasteiger partial charge in [-0.15, -0.1) is 0 Å². The van der Waals surface area contributed by atoms with E-state index in [-0.39, 0.29) is 6.04 Å². The van der Waals surface area contributed by atoms with Gasteiger partial charge < -0.3 is 11.1 Å². The van der Waals surface area contributed by atoms with Gasteiger partial charge in [0.05, 0.1) is 6.04 Å². The van der Waals surface area contributed by atoms with E-state index in [1.807, 2.05) is 12.1 Å². The van der Waals surface area contributed by atoms with Crippen LogP contribution in [0.25, 0.3) is 0 Å². The number of hydrogen-bond acceptors (Lipinski definition) is 2. The standard InChI is InChI=1S/C9H11ClN2O/c10-8-3-1-2-7(4-8)9(5-11)12-6-13/h1-4,6,9H,5,11H2,(H,12,13). The van der Waals surface area contributed by atoms with Gasteiger partial charge in [0.15, 0.2) is 0 Å². The highest BCUT2D eigenvalue weighted by atomic mass is 35.5. The molecule has 13 heavy (non-hydrogen) atoms. The van der Waals surface area contributed by atoms with Crippen LogP contribution in [-0.2, 0) is 4.79 Å². The molecule has 1 unspecified atom stereocenters. The van der Waals surface area contributed by atoms with Gasteiger partial charge in [-0.05, 0) is 17.7 Å². The van der Waals surface area contributed by atoms with Gasteiger partial charge in [-0.1, -0.05) is 23.7 Å². The summed E-state index contributed by atoms with van der Waals surface area (Å²) in [7, 11) is 0. The molecule has 3 N–H and O–H groups in total. The normalized spacial score (nSPS) is 12.2. The molecule has 70 valence electrons. The van der Waals surface area contributed by atoms with Crippen molar-refractivity contribution in [2.24, 2.45) is 5.73 Å². The van der Waals surface area contributed by atoms with Crippen molar-refractivity contribution in [1.82, 2.24) is 5.32 Å². The lowest BCUT2D eigenvalue weighted by Gasteiger charge is -2.13. The maximum absolute atomic E-state index is 10.2. The minimum absolute atomic E-state index is 0.156. The van der Waals surface area contributed by atoms with Crippen LogP contribution in [0.3, 0.4) is 0 Å². The Morgan fingerprint density at radius 2 is 2.38 bits per heavy atom. The number of carbonyl (C=O) groups is 1. The van der Waals surface area contributed by atoms with Gasteiger partial charge in [0.1, 0.15) is 0 Å². The summed E-state index contributed by atoms with van der Waals surface area (Å²) in [6.07, 6.45) is 0.637. The molecule has 1 rings (SSSR count). The second-order valence-corrected chi connectivity index (χ2v) is 3.06. The second kappa shape index (κ2) is 4.84. The molecule has 0 radical (unpaired) electrons. The van der Waals surface area contributed by atoms with Crippen LogP contribution < -0.4 is 11.1 Å². The van der Waals surface area contributed by atoms with Crippen molar-refractivity contribution in [2.45, 2.75) is 6.04 Å². The number of halogens is 1. The number of hydrogen-bond donors (Lipinski definition) is 2. The Labute approximate surface area is 81.9 Å². The Kier molecular flexibility index (Phi) is 3.73. The van der Waals surface area contributed by atoms with Gasteiger partial charge in [-0.25, -0.2) is 0 Å². The molecule has 1 atom stereocenters. The molecule has 1 aromatic rings. The Bertz CT molecular complexity index is 291. The van der Waals surface area contributed by atoms with Crippen LogP contribution >= 0.6 is 11.6 Å². The van der Waals surface area contributed by atoms with Crippen LogP contribution in [0, 0.1) is 0 Å². The van der Waals surface area contributed by atoms with Crippen LogP contribution in [0.5, 0.6) is 0 Å². The number of benzene rings is 1. The van der Waals surface area contributed by atoms with E-state index in [4.69, 9.17) is 17.3 Å². The summed E-state index contributed by atoms with van der Waals surface area (Å²) in [4.78, 5) is 10.2. The molecule has 0 fully saturated rings. The Balaban J connectivity index is 2.84. The summed E-state index contributed by atoms with van der Waals surface area (Å²) < 4.78 is 0. The average molecular weight is 199 g/mol. The van der Waals surface area contributed by atoms with E-state index in [0.717, 1.165) is 5.56 Å². The maximum atomic E-state index is 10.2. The van der Waals surface area contributed by atoms with Gasteiger partial charge >= 0.3 is 0 Å². The summed E-state index contributed by atoms with van der Waals surface area (Å²) in [5.41, 5.74) is 6.40. The molecule has 0 spiro atoms. The molecule has 0 aliphatic carbocycles. The summed E-state index contributed by atoms with van der Waals surface area (Å²) in [6.45, 7) is 0.360. The number of carbonyl (C=O) groups excluding carboxylic acids is 1. The van der Waals surface area contributed by atoms with Crippen molar-refractivity contribution < 1.29 is 4.79 Å². The zero-order valence-electron chi connectivity index (χ0n) is 7.03. The Hall–Kier alpha value is -1.06. The first-order chi connectivity index (χ1) is 6.27. The molecule has 3 nitrogen and oxygen atoms in total. The molecule has 4 heteroatoms. The lowest BCUT2D eigenvalue weighted by molar-refractivity contribution is -0.110. The first kappa shape index (κ1) is 10.0. The van der Waals surface area contributed by atoms with Crippen LogP contribution in [0.2, 0.25) is 5.02 Å². The lowest BCUT2D eigenvalue weighted by atomic mass is 10.1. The molecular formula is C9H11ClN2O. The zero-order chi connectivity index (χ0) is 9.68. The van der Waals surface area contributed by atoms with E-state index < -0.39 is 0 Å². The number of rotatable bonds is 4. The Morgan fingerprint density at radius 3 is 2.92 bits per heavy atom. The minimum atomic E-state index is -0.156. The topological polar surface area (TPSA) is 55.1 Å². The zero-order valence-corrected chi connectivity index (χ0v) is 7.79. The average Bonchev–Trinajstić information content (AvgIpc) is 2.14. The molecule has 0 aromatic heterocycles. The van der Waals surface area contributed by atoms with E-state index in [0.29, 0.717) is 18.0 Å². The molecule has 1 amide bonds. The second-order valence-electron chi connectivity index (χ2n) is 2.63. The quantitative estimate of drug-likeness (QED) is 0.712. The highest BCUT2D eigenvalue weighted by Gasteiger charge is 2.07. The molecular weight excluding hydrogens is 188 g/mol. The molecule has 0 bridgehead atoms. The van der Waals surface area contributed by atoms with Crippen molar-refractivity contribution >= 4 is 18.0 Å². The fourth-order valence-electron chi connectivity index (χ4n) is 1.11. The van der Waals surface area contributed by atoms with Gasteiger partial charge in [0.25, 0.3) is 0 Å². The molecule has 0 saturated carbocycles. The van der Waals surface area contributed by atoms with E-state index in [1.54, 1.807) is 12.1 Å². The maximum Gasteiger partial charge on any atom is 0.207 e. The summed E-state index contributed by atoms with van der Waals surface area (Å²) in [6, 6.07) is 7.11. The van der Waals surface area contributed by atoms with E-state index in [1.165, 1.54) is 0 Å². The first-order valence-corrected chi connectivity index (χ1v) is 4.31. The van der Waals surface area contributed by atoms with Crippen molar-refractivity contribution in [2.75, 3.05) is 6.54 Å². The van der Waals surface area contributed by atoms with Crippen molar-refractivity contribution in [1.29, 1.82) is 0 Å².